The molecule has 0 saturated heterocycles. The average Bonchev–Trinajstić information content (AvgIpc) is 2.85. The molecule has 2 heterocycles. The smallest absolute Gasteiger partial charge is 0.138 e. The standard InChI is InChI=1S/C11H8N3/c1-2-5-10-9(4-1)13-8-14(10)11-6-3-7-12-11/h1-8H. The highest BCUT2D eigenvalue weighted by molar-refractivity contribution is 5.79. The summed E-state index contributed by atoms with van der Waals surface area (Å²) in [6.45, 7) is 0. The van der Waals surface area contributed by atoms with Crippen molar-refractivity contribution in [2.24, 2.45) is 0 Å². The monoisotopic (exact) mass is 182 g/mol. The third-order valence-electron chi connectivity index (χ3n) is 2.24. The van der Waals surface area contributed by atoms with E-state index in [0.717, 1.165) is 16.9 Å². The van der Waals surface area contributed by atoms with Crippen LogP contribution in [0.15, 0.2) is 48.9 Å². The minimum Gasteiger partial charge on any atom is -0.283 e. The highest BCUT2D eigenvalue weighted by Gasteiger charge is 2.07. The molecule has 3 heteroatoms. The molecule has 0 unspecified atom stereocenters. The quantitative estimate of drug-likeness (QED) is 0.663. The summed E-state index contributed by atoms with van der Waals surface area (Å²) < 4.78 is 1.98. The molecule has 1 aromatic carbocycles. The molecule has 0 aliphatic carbocycles. The van der Waals surface area contributed by atoms with E-state index in [-0.39, 0.29) is 0 Å². The zero-order chi connectivity index (χ0) is 9.38. The highest BCUT2D eigenvalue weighted by Crippen LogP contribution is 2.17. The highest BCUT2D eigenvalue weighted by atomic mass is 15.2. The third-order valence-corrected chi connectivity index (χ3v) is 2.24. The summed E-state index contributed by atoms with van der Waals surface area (Å²) in [5.74, 6) is 0.915. The minimum atomic E-state index is 0.915. The SMILES string of the molecule is C1=C[N]C(n2cnc3ccccc32)=C1. The van der Waals surface area contributed by atoms with Gasteiger partial charge in [-0.25, -0.2) is 10.3 Å². The molecule has 0 fully saturated rings. The summed E-state index contributed by atoms with van der Waals surface area (Å²) in [7, 11) is 0. The van der Waals surface area contributed by atoms with Gasteiger partial charge in [0.25, 0.3) is 0 Å². The Morgan fingerprint density at radius 1 is 1.14 bits per heavy atom. The van der Waals surface area contributed by atoms with Crippen molar-refractivity contribution in [2.45, 2.75) is 0 Å². The molecule has 1 radical (unpaired) electrons. The maximum Gasteiger partial charge on any atom is 0.138 e. The van der Waals surface area contributed by atoms with Crippen molar-refractivity contribution in [3.63, 3.8) is 0 Å². The van der Waals surface area contributed by atoms with E-state index in [4.69, 9.17) is 0 Å². The Hall–Kier alpha value is -2.03. The van der Waals surface area contributed by atoms with Gasteiger partial charge in [-0.2, -0.15) is 0 Å². The van der Waals surface area contributed by atoms with Gasteiger partial charge < -0.3 is 0 Å². The molecular weight excluding hydrogens is 174 g/mol. The van der Waals surface area contributed by atoms with Crippen LogP contribution in [0.5, 0.6) is 0 Å². The lowest BCUT2D eigenvalue weighted by atomic mass is 10.3. The lowest BCUT2D eigenvalue weighted by molar-refractivity contribution is 1.01. The van der Waals surface area contributed by atoms with Crippen molar-refractivity contribution in [3.05, 3.63) is 48.9 Å². The molecule has 14 heavy (non-hydrogen) atoms. The maximum absolute atomic E-state index is 4.30. The molecule has 0 atom stereocenters. The Morgan fingerprint density at radius 3 is 2.93 bits per heavy atom. The first-order valence-electron chi connectivity index (χ1n) is 4.45. The van der Waals surface area contributed by atoms with Crippen LogP contribution in [0, 0.1) is 0 Å². The first kappa shape index (κ1) is 7.38. The average molecular weight is 182 g/mol. The van der Waals surface area contributed by atoms with E-state index in [2.05, 4.69) is 10.3 Å². The van der Waals surface area contributed by atoms with Crippen molar-refractivity contribution >= 4 is 16.9 Å². The van der Waals surface area contributed by atoms with Gasteiger partial charge in [-0.15, -0.1) is 0 Å². The van der Waals surface area contributed by atoms with Crippen LogP contribution in [0.3, 0.4) is 0 Å². The van der Waals surface area contributed by atoms with Gasteiger partial charge >= 0.3 is 0 Å². The van der Waals surface area contributed by atoms with Crippen molar-refractivity contribution < 1.29 is 0 Å². The third kappa shape index (κ3) is 0.956. The van der Waals surface area contributed by atoms with E-state index in [9.17, 15) is 0 Å². The van der Waals surface area contributed by atoms with Gasteiger partial charge in [0.15, 0.2) is 0 Å². The van der Waals surface area contributed by atoms with E-state index in [1.807, 2.05) is 41.0 Å². The van der Waals surface area contributed by atoms with Crippen LogP contribution in [0.25, 0.3) is 16.9 Å². The summed E-state index contributed by atoms with van der Waals surface area (Å²) in [5, 5.41) is 4.23. The number of benzene rings is 1. The van der Waals surface area contributed by atoms with E-state index in [1.54, 1.807) is 12.5 Å². The van der Waals surface area contributed by atoms with Crippen LogP contribution in [0.2, 0.25) is 0 Å². The number of nitrogens with zero attached hydrogens (tertiary/aromatic N) is 3. The Labute approximate surface area is 81.4 Å². The van der Waals surface area contributed by atoms with Crippen LogP contribution in [0.4, 0.5) is 0 Å². The Kier molecular flexibility index (Phi) is 1.44. The predicted octanol–water partition coefficient (Wildman–Crippen LogP) is 1.97. The fraction of sp³-hybridized carbons (Fsp3) is 0. The van der Waals surface area contributed by atoms with E-state index >= 15 is 0 Å². The number of rotatable bonds is 1. The maximum atomic E-state index is 4.30. The Morgan fingerprint density at radius 2 is 2.07 bits per heavy atom. The van der Waals surface area contributed by atoms with Crippen molar-refractivity contribution in [1.82, 2.24) is 14.9 Å². The van der Waals surface area contributed by atoms with Crippen LogP contribution < -0.4 is 5.32 Å². The van der Waals surface area contributed by atoms with Crippen molar-refractivity contribution in [3.8, 4) is 0 Å². The summed E-state index contributed by atoms with van der Waals surface area (Å²) in [6.07, 6.45) is 7.47. The van der Waals surface area contributed by atoms with E-state index < -0.39 is 0 Å². The molecule has 1 aliphatic heterocycles. The molecule has 67 valence electrons. The van der Waals surface area contributed by atoms with Gasteiger partial charge in [-0.1, -0.05) is 12.1 Å². The van der Waals surface area contributed by atoms with Gasteiger partial charge in [0, 0.05) is 6.20 Å². The molecule has 1 aromatic heterocycles. The second-order valence-electron chi connectivity index (χ2n) is 3.10. The van der Waals surface area contributed by atoms with Crippen LogP contribution >= 0.6 is 0 Å². The summed E-state index contributed by atoms with van der Waals surface area (Å²) in [4.78, 5) is 4.30. The molecule has 3 rings (SSSR count). The minimum absolute atomic E-state index is 0.915. The Balaban J connectivity index is 2.22. The largest absolute Gasteiger partial charge is 0.283 e. The second kappa shape index (κ2) is 2.73. The van der Waals surface area contributed by atoms with Crippen LogP contribution in [-0.2, 0) is 0 Å². The van der Waals surface area contributed by atoms with Gasteiger partial charge in [-0.05, 0) is 24.3 Å². The lowest BCUT2D eigenvalue weighted by Crippen LogP contribution is -2.00. The number of hydrogen-bond acceptors (Lipinski definition) is 1. The van der Waals surface area contributed by atoms with Crippen LogP contribution in [0.1, 0.15) is 0 Å². The number of allylic oxidation sites excluding steroid dienone is 2. The zero-order valence-corrected chi connectivity index (χ0v) is 7.46. The molecule has 0 amide bonds. The second-order valence-corrected chi connectivity index (χ2v) is 3.10. The van der Waals surface area contributed by atoms with Crippen molar-refractivity contribution in [2.75, 3.05) is 0 Å². The number of fused-ring (bicyclic) bond motifs is 1. The van der Waals surface area contributed by atoms with Gasteiger partial charge in [-0.3, -0.25) is 4.57 Å². The lowest BCUT2D eigenvalue weighted by Gasteiger charge is -2.02. The molecule has 0 spiro atoms. The van der Waals surface area contributed by atoms with E-state index in [1.165, 1.54) is 0 Å². The van der Waals surface area contributed by atoms with E-state index in [0.29, 0.717) is 0 Å². The summed E-state index contributed by atoms with van der Waals surface area (Å²) in [6, 6.07) is 8.02. The topological polar surface area (TPSA) is 31.9 Å². The van der Waals surface area contributed by atoms with Gasteiger partial charge in [0.05, 0.1) is 11.0 Å². The number of imidazole rings is 1. The zero-order valence-electron chi connectivity index (χ0n) is 7.46. The molecule has 0 saturated carbocycles. The molecule has 0 bridgehead atoms. The molecular formula is C11H8N3. The number of hydrogen-bond donors (Lipinski definition) is 0. The fourth-order valence-corrected chi connectivity index (χ4v) is 1.58. The molecule has 3 nitrogen and oxygen atoms in total. The summed E-state index contributed by atoms with van der Waals surface area (Å²) in [5.41, 5.74) is 2.08. The number of para-hydroxylation sites is 2. The molecule has 1 aliphatic rings. The molecule has 2 aromatic rings. The first-order chi connectivity index (χ1) is 6.95. The van der Waals surface area contributed by atoms with Gasteiger partial charge in [0.1, 0.15) is 12.1 Å². The fourth-order valence-electron chi connectivity index (χ4n) is 1.58. The van der Waals surface area contributed by atoms with Gasteiger partial charge in [0.2, 0.25) is 0 Å². The van der Waals surface area contributed by atoms with Crippen molar-refractivity contribution in [1.29, 1.82) is 0 Å². The molecule has 0 N–H and O–H groups in total. The number of aromatic nitrogens is 2. The normalized spacial score (nSPS) is 14.4. The predicted molar refractivity (Wildman–Crippen MR) is 55.3 cm³/mol. The van der Waals surface area contributed by atoms with Crippen LogP contribution in [-0.4, -0.2) is 9.55 Å². The first-order valence-corrected chi connectivity index (χ1v) is 4.45. The Bertz CT molecular complexity index is 534. The summed E-state index contributed by atoms with van der Waals surface area (Å²) >= 11 is 0.